The summed E-state index contributed by atoms with van der Waals surface area (Å²) in [6.07, 6.45) is 4.65. The number of para-hydroxylation sites is 12. The van der Waals surface area contributed by atoms with Gasteiger partial charge in [0.2, 0.25) is 0 Å². The normalized spacial score (nSPS) is 11.2. The van der Waals surface area contributed by atoms with E-state index < -0.39 is 0 Å². The van der Waals surface area contributed by atoms with Crippen LogP contribution in [0.15, 0.2) is 189 Å². The fraction of sp³-hybridized carbons (Fsp3) is 0.429. The molecule has 0 saturated heterocycles. The average Bonchev–Trinajstić information content (AvgIpc) is 1.65. The van der Waals surface area contributed by atoms with Crippen molar-refractivity contribution in [2.24, 2.45) is 0 Å². The van der Waals surface area contributed by atoms with Gasteiger partial charge in [-0.1, -0.05) is 110 Å². The molecule has 0 atom stereocenters. The van der Waals surface area contributed by atoms with E-state index >= 15 is 0 Å². The summed E-state index contributed by atoms with van der Waals surface area (Å²) in [7, 11) is 6.71. The molecule has 0 bridgehead atoms. The average molecular weight is 1480 g/mol. The molecule has 0 aliphatic heterocycles. The number of nitrogens with zero attached hydrogens (tertiary/aromatic N) is 12. The second-order valence-corrected chi connectivity index (χ2v) is 24.5. The number of methoxy groups -OCH3 is 4. The number of imidazole rings is 6. The van der Waals surface area contributed by atoms with Crippen LogP contribution in [-0.2, 0) is 103 Å². The number of ether oxygens (including phenoxy) is 12. The summed E-state index contributed by atoms with van der Waals surface area (Å²) in [6.45, 7) is 28.4. The number of hydrogen-bond donors (Lipinski definition) is 0. The molecule has 108 heavy (non-hydrogen) atoms. The van der Waals surface area contributed by atoms with Crippen LogP contribution in [0.1, 0.15) is 38.2 Å². The van der Waals surface area contributed by atoms with Crippen molar-refractivity contribution >= 4 is 66.2 Å². The first kappa shape index (κ1) is 84.5. The maximum atomic E-state index is 5.61. The molecule has 0 spiro atoms. The van der Waals surface area contributed by atoms with Crippen LogP contribution in [0.4, 0.5) is 0 Å². The summed E-state index contributed by atoms with van der Waals surface area (Å²) in [5.74, 6) is 4.16. The van der Waals surface area contributed by atoms with E-state index in [4.69, 9.17) is 61.8 Å². The molecule has 0 fully saturated rings. The molecule has 13 aromatic rings. The third-order valence-electron chi connectivity index (χ3n) is 17.2. The third-order valence-corrected chi connectivity index (χ3v) is 17.2. The van der Waals surface area contributed by atoms with Crippen molar-refractivity contribution < 1.29 is 56.8 Å². The lowest BCUT2D eigenvalue weighted by molar-refractivity contribution is 0.0498. The zero-order valence-electron chi connectivity index (χ0n) is 64.8. The summed E-state index contributed by atoms with van der Waals surface area (Å²) in [5, 5.41) is 0. The van der Waals surface area contributed by atoms with Crippen LogP contribution < -0.4 is 0 Å². The zero-order chi connectivity index (χ0) is 76.0. The molecule has 0 unspecified atom stereocenters. The minimum atomic E-state index is 0.615. The Hall–Kier alpha value is -9.12. The molecule has 0 N–H and O–H groups in total. The predicted molar refractivity (Wildman–Crippen MR) is 428 cm³/mol. The molecule has 0 amide bonds. The van der Waals surface area contributed by atoms with Crippen LogP contribution in [0.5, 0.6) is 0 Å². The third kappa shape index (κ3) is 27.2. The molecule has 6 heterocycles. The topological polar surface area (TPSA) is 218 Å². The first-order chi connectivity index (χ1) is 53.2. The van der Waals surface area contributed by atoms with E-state index in [2.05, 4.69) is 114 Å². The lowest BCUT2D eigenvalue weighted by Crippen LogP contribution is -2.11. The van der Waals surface area contributed by atoms with Gasteiger partial charge in [-0.3, -0.25) is 0 Å². The second-order valence-electron chi connectivity index (χ2n) is 24.5. The van der Waals surface area contributed by atoms with Crippen LogP contribution in [0.2, 0.25) is 0 Å². The molecule has 24 heteroatoms. The van der Waals surface area contributed by atoms with E-state index in [1.54, 1.807) is 28.4 Å². The van der Waals surface area contributed by atoms with Gasteiger partial charge in [0.05, 0.1) is 198 Å². The van der Waals surface area contributed by atoms with Gasteiger partial charge in [-0.2, -0.15) is 0 Å². The molecular weight excluding hydrogens is 1370 g/mol. The van der Waals surface area contributed by atoms with E-state index in [0.717, 1.165) is 137 Å². The zero-order valence-corrected chi connectivity index (χ0v) is 64.8. The maximum Gasteiger partial charge on any atom is 0.141 e. The molecule has 580 valence electrons. The van der Waals surface area contributed by atoms with Gasteiger partial charge in [-0.25, -0.2) is 29.9 Å². The van der Waals surface area contributed by atoms with Crippen molar-refractivity contribution in [3.05, 3.63) is 206 Å². The van der Waals surface area contributed by atoms with Gasteiger partial charge in [-0.15, -0.1) is 0 Å². The Bertz CT molecular complexity index is 4550. The van der Waals surface area contributed by atoms with Gasteiger partial charge in [0.15, 0.2) is 0 Å². The highest BCUT2D eigenvalue weighted by Gasteiger charge is 2.14. The monoisotopic (exact) mass is 1480 g/mol. The van der Waals surface area contributed by atoms with E-state index in [1.165, 1.54) is 16.6 Å². The molecule has 13 rings (SSSR count). The first-order valence-electron chi connectivity index (χ1n) is 37.4. The number of fused-ring (bicyclic) bond motifs is 6. The Kier molecular flexibility index (Phi) is 38.9. The Morgan fingerprint density at radius 1 is 0.269 bits per heavy atom. The number of hydrogen-bond acceptors (Lipinski definition) is 18. The van der Waals surface area contributed by atoms with Crippen molar-refractivity contribution in [1.82, 2.24) is 57.3 Å². The van der Waals surface area contributed by atoms with Crippen molar-refractivity contribution in [2.75, 3.05) is 161 Å². The molecule has 0 saturated carbocycles. The van der Waals surface area contributed by atoms with Crippen LogP contribution in [0, 0.1) is 13.8 Å². The number of benzene rings is 7. The number of rotatable bonds is 40. The highest BCUT2D eigenvalue weighted by atomic mass is 16.5. The minimum absolute atomic E-state index is 0.615. The van der Waals surface area contributed by atoms with Crippen LogP contribution >= 0.6 is 0 Å². The smallest absolute Gasteiger partial charge is 0.141 e. The largest absolute Gasteiger partial charge is 0.382 e. The fourth-order valence-electron chi connectivity index (χ4n) is 11.7. The van der Waals surface area contributed by atoms with E-state index in [-0.39, 0.29) is 0 Å². The van der Waals surface area contributed by atoms with Gasteiger partial charge in [0, 0.05) is 92.9 Å². The summed E-state index contributed by atoms with van der Waals surface area (Å²) in [4.78, 5) is 27.1. The van der Waals surface area contributed by atoms with Crippen molar-refractivity contribution in [3.63, 3.8) is 0 Å². The second kappa shape index (κ2) is 49.8. The van der Waals surface area contributed by atoms with Gasteiger partial charge in [0.25, 0.3) is 0 Å². The van der Waals surface area contributed by atoms with Crippen LogP contribution in [0.25, 0.3) is 77.6 Å². The molecule has 7 aromatic carbocycles. The standard InChI is InChI=1S/C18H20N2O2.2C14H20N2O2.2C13H18N2O2.C12H16N2O2/c1-21-13-14-22-12-11-20-17-10-6-5-9-16(17)19-18(20)15-7-3-2-4-8-15;1-3-14-15-12-6-4-5-7-13(12)16(14)8-9-18-11-10-17-2;1-3-17-10-11-18-9-8-16-12(2)15-13-6-4-5-7-14(13)16;1-11-14-12-5-3-4-6-13(12)15(11)7-8-17-10-9-16-2;1-2-16-9-10-17-8-7-15-11-14-12-5-3-4-6-13(12)15;1-15-8-9-16-7-6-14-10-13-11-4-2-3-5-12(11)14/h2-10H,11-14H2,1H3;2*4-7H,3,8-11H2,1-2H3;3-6H,7-10H2,1-2H3;3-6,11H,2,7-10H2,1H3;2-5,10H,6-9H2,1H3. The molecular formula is C84H112N12O12. The summed E-state index contributed by atoms with van der Waals surface area (Å²) in [5.41, 5.74) is 14.3. The lowest BCUT2D eigenvalue weighted by Gasteiger charge is -2.10. The fourth-order valence-corrected chi connectivity index (χ4v) is 11.7. The van der Waals surface area contributed by atoms with Crippen molar-refractivity contribution in [1.29, 1.82) is 0 Å². The number of aromatic nitrogens is 12. The van der Waals surface area contributed by atoms with Crippen LogP contribution in [0.3, 0.4) is 0 Å². The molecule has 0 aliphatic rings. The SMILES string of the molecule is CCOCCOCCn1c(C)nc2ccccc21.CCOCCOCCn1cnc2ccccc21.CCc1nc2ccccc2n1CCOCCOC.COCCOCCn1c(-c2ccccc2)nc2ccccc21.COCCOCCn1c(C)nc2ccccc21.COCCOCCn1cnc2ccccc21. The maximum absolute atomic E-state index is 5.61. The van der Waals surface area contributed by atoms with Gasteiger partial charge in [0.1, 0.15) is 23.3 Å². The summed E-state index contributed by atoms with van der Waals surface area (Å²) in [6, 6.07) is 59.2. The van der Waals surface area contributed by atoms with E-state index in [9.17, 15) is 0 Å². The Morgan fingerprint density at radius 2 is 0.565 bits per heavy atom. The van der Waals surface area contributed by atoms with Crippen LogP contribution in [-0.4, -0.2) is 218 Å². The minimum Gasteiger partial charge on any atom is -0.382 e. The highest BCUT2D eigenvalue weighted by Crippen LogP contribution is 2.25. The molecule has 0 aliphatic carbocycles. The van der Waals surface area contributed by atoms with Gasteiger partial charge < -0.3 is 84.2 Å². The van der Waals surface area contributed by atoms with Crippen molar-refractivity contribution in [3.8, 4) is 11.4 Å². The van der Waals surface area contributed by atoms with E-state index in [0.29, 0.717) is 119 Å². The predicted octanol–water partition coefficient (Wildman–Crippen LogP) is 13.8. The Labute approximate surface area is 635 Å². The summed E-state index contributed by atoms with van der Waals surface area (Å²) >= 11 is 0. The molecule has 6 aromatic heterocycles. The summed E-state index contributed by atoms with van der Waals surface area (Å²) < 4.78 is 76.3. The first-order valence-corrected chi connectivity index (χ1v) is 37.4. The van der Waals surface area contributed by atoms with Gasteiger partial charge >= 0.3 is 0 Å². The molecule has 24 nitrogen and oxygen atoms in total. The van der Waals surface area contributed by atoms with Crippen molar-refractivity contribution in [2.45, 2.75) is 80.3 Å². The number of aryl methyl sites for hydroxylation is 3. The van der Waals surface area contributed by atoms with E-state index in [1.807, 2.05) is 162 Å². The Morgan fingerprint density at radius 3 is 0.954 bits per heavy atom. The quantitative estimate of drug-likeness (QED) is 0.0326. The van der Waals surface area contributed by atoms with Gasteiger partial charge in [-0.05, 0) is 100 Å². The Balaban J connectivity index is 0.000000164. The molecule has 0 radical (unpaired) electrons. The highest BCUT2D eigenvalue weighted by molar-refractivity contribution is 5.81. The lowest BCUT2D eigenvalue weighted by atomic mass is 10.2.